The number of rotatable bonds is 9. The molecule has 17 heavy (non-hydrogen) atoms. The predicted molar refractivity (Wildman–Crippen MR) is 56.7 cm³/mol. The van der Waals surface area contributed by atoms with Gasteiger partial charge in [-0.05, 0) is 38.9 Å². The van der Waals surface area contributed by atoms with Crippen molar-refractivity contribution in [2.24, 2.45) is 5.73 Å². The largest absolute Gasteiger partial charge is 0.523 e. The van der Waals surface area contributed by atoms with E-state index < -0.39 is 22.2 Å². The van der Waals surface area contributed by atoms with E-state index in [0.717, 1.165) is 12.8 Å². The fourth-order valence-electron chi connectivity index (χ4n) is 0.952. The lowest BCUT2D eigenvalue weighted by Gasteiger charge is -2.08. The molecule has 0 rings (SSSR count). The second-order valence-electron chi connectivity index (χ2n) is 3.32. The first-order chi connectivity index (χ1) is 7.81. The fourth-order valence-corrected chi connectivity index (χ4v) is 1.42. The molecular formula is C8H17F3N2O3S. The van der Waals surface area contributed by atoms with Crippen LogP contribution in [0.1, 0.15) is 19.3 Å². The molecule has 0 unspecified atom stereocenters. The molecule has 0 aromatic rings. The number of alkyl halides is 3. The van der Waals surface area contributed by atoms with Crippen LogP contribution in [0, 0.1) is 0 Å². The van der Waals surface area contributed by atoms with Gasteiger partial charge in [-0.2, -0.15) is 21.6 Å². The molecule has 0 aliphatic rings. The number of hydrogen-bond acceptors (Lipinski definition) is 5. The Morgan fingerprint density at radius 2 is 1.71 bits per heavy atom. The van der Waals surface area contributed by atoms with Gasteiger partial charge in [0, 0.05) is 0 Å². The third-order valence-corrected chi connectivity index (χ3v) is 2.87. The summed E-state index contributed by atoms with van der Waals surface area (Å²) in [4.78, 5) is 0. The molecule has 0 fully saturated rings. The molecule has 0 saturated heterocycles. The van der Waals surface area contributed by atoms with E-state index in [1.165, 1.54) is 0 Å². The zero-order valence-electron chi connectivity index (χ0n) is 9.29. The smallest absolute Gasteiger partial charge is 0.330 e. The van der Waals surface area contributed by atoms with Crippen LogP contribution in [-0.4, -0.2) is 40.2 Å². The SMILES string of the molecule is NCCCCNCCCOS(=O)(=O)C(F)(F)F. The lowest BCUT2D eigenvalue weighted by molar-refractivity contribution is -0.0542. The van der Waals surface area contributed by atoms with Crippen LogP contribution in [0.2, 0.25) is 0 Å². The normalized spacial score (nSPS) is 12.9. The first-order valence-electron chi connectivity index (χ1n) is 5.18. The van der Waals surface area contributed by atoms with Crippen LogP contribution < -0.4 is 11.1 Å². The Balaban J connectivity index is 3.53. The molecule has 0 aliphatic carbocycles. The van der Waals surface area contributed by atoms with Crippen molar-refractivity contribution in [1.82, 2.24) is 5.32 Å². The number of hydrogen-bond donors (Lipinski definition) is 2. The minimum atomic E-state index is -5.44. The summed E-state index contributed by atoms with van der Waals surface area (Å²) in [5.74, 6) is 0. The van der Waals surface area contributed by atoms with Crippen molar-refractivity contribution in [3.63, 3.8) is 0 Å². The maximum Gasteiger partial charge on any atom is 0.523 e. The molecule has 0 aromatic heterocycles. The van der Waals surface area contributed by atoms with Crippen molar-refractivity contribution in [2.45, 2.75) is 24.8 Å². The molecule has 3 N–H and O–H groups in total. The standard InChI is InChI=1S/C8H17F3N2O3S/c9-8(10,11)17(14,15)16-7-3-6-13-5-2-1-4-12/h13H,1-7,12H2. The highest BCUT2D eigenvalue weighted by Gasteiger charge is 2.47. The first-order valence-corrected chi connectivity index (χ1v) is 6.58. The zero-order valence-corrected chi connectivity index (χ0v) is 10.1. The minimum absolute atomic E-state index is 0.192. The Bertz CT molecular complexity index is 293. The average molecular weight is 278 g/mol. The summed E-state index contributed by atoms with van der Waals surface area (Å²) < 4.78 is 60.1. The molecule has 9 heteroatoms. The van der Waals surface area contributed by atoms with E-state index in [1.54, 1.807) is 0 Å². The van der Waals surface area contributed by atoms with E-state index in [4.69, 9.17) is 5.73 Å². The first kappa shape index (κ1) is 16.6. The highest BCUT2D eigenvalue weighted by Crippen LogP contribution is 2.24. The molecule has 0 aliphatic heterocycles. The van der Waals surface area contributed by atoms with Gasteiger partial charge in [-0.25, -0.2) is 0 Å². The topological polar surface area (TPSA) is 81.4 Å². The highest BCUT2D eigenvalue weighted by molar-refractivity contribution is 7.87. The lowest BCUT2D eigenvalue weighted by Crippen LogP contribution is -2.27. The van der Waals surface area contributed by atoms with Crippen LogP contribution in [0.5, 0.6) is 0 Å². The minimum Gasteiger partial charge on any atom is -0.330 e. The Morgan fingerprint density at radius 1 is 1.12 bits per heavy atom. The molecule has 104 valence electrons. The Hall–Kier alpha value is -0.380. The maximum atomic E-state index is 11.8. The summed E-state index contributed by atoms with van der Waals surface area (Å²) in [6.07, 6.45) is 1.93. The molecule has 5 nitrogen and oxygen atoms in total. The van der Waals surface area contributed by atoms with Gasteiger partial charge in [0.2, 0.25) is 0 Å². The third-order valence-electron chi connectivity index (χ3n) is 1.83. The van der Waals surface area contributed by atoms with Crippen molar-refractivity contribution in [2.75, 3.05) is 26.2 Å². The van der Waals surface area contributed by atoms with Gasteiger partial charge in [-0.3, -0.25) is 4.18 Å². The van der Waals surface area contributed by atoms with E-state index in [-0.39, 0.29) is 6.42 Å². The Labute approximate surface area is 98.6 Å². The summed E-state index contributed by atoms with van der Waals surface area (Å²) in [5.41, 5.74) is -0.0871. The lowest BCUT2D eigenvalue weighted by atomic mass is 10.3. The quantitative estimate of drug-likeness (QED) is 0.366. The van der Waals surface area contributed by atoms with Gasteiger partial charge >= 0.3 is 15.6 Å². The molecule has 0 atom stereocenters. The van der Waals surface area contributed by atoms with Gasteiger partial charge in [0.15, 0.2) is 0 Å². The van der Waals surface area contributed by atoms with Gasteiger partial charge in [0.1, 0.15) is 0 Å². The van der Waals surface area contributed by atoms with Crippen molar-refractivity contribution in [1.29, 1.82) is 0 Å². The van der Waals surface area contributed by atoms with E-state index in [1.807, 2.05) is 0 Å². The molecular weight excluding hydrogens is 261 g/mol. The van der Waals surface area contributed by atoms with Gasteiger partial charge in [-0.15, -0.1) is 0 Å². The average Bonchev–Trinajstić information content (AvgIpc) is 2.20. The molecule has 0 aromatic carbocycles. The molecule has 0 radical (unpaired) electrons. The summed E-state index contributed by atoms with van der Waals surface area (Å²) in [6, 6.07) is 0. The number of nitrogens with one attached hydrogen (secondary N) is 1. The van der Waals surface area contributed by atoms with Crippen molar-refractivity contribution < 1.29 is 25.8 Å². The number of nitrogens with two attached hydrogens (primary N) is 1. The van der Waals surface area contributed by atoms with Crippen molar-refractivity contribution >= 4 is 10.1 Å². The predicted octanol–water partition coefficient (Wildman–Crippen LogP) is 0.571. The van der Waals surface area contributed by atoms with Crippen LogP contribution in [0.3, 0.4) is 0 Å². The summed E-state index contributed by atoms with van der Waals surface area (Å²) >= 11 is 0. The molecule has 0 spiro atoms. The van der Waals surface area contributed by atoms with Crippen LogP contribution in [0.4, 0.5) is 13.2 Å². The van der Waals surface area contributed by atoms with Gasteiger partial charge < -0.3 is 11.1 Å². The van der Waals surface area contributed by atoms with Gasteiger partial charge in [0.25, 0.3) is 0 Å². The highest BCUT2D eigenvalue weighted by atomic mass is 32.2. The van der Waals surface area contributed by atoms with E-state index in [9.17, 15) is 21.6 Å². The van der Waals surface area contributed by atoms with E-state index >= 15 is 0 Å². The van der Waals surface area contributed by atoms with E-state index in [0.29, 0.717) is 19.6 Å². The van der Waals surface area contributed by atoms with Crippen LogP contribution in [0.25, 0.3) is 0 Å². The summed E-state index contributed by atoms with van der Waals surface area (Å²) in [5, 5.41) is 2.93. The van der Waals surface area contributed by atoms with Crippen LogP contribution >= 0.6 is 0 Å². The second kappa shape index (κ2) is 7.85. The Kier molecular flexibility index (Phi) is 7.68. The fraction of sp³-hybridized carbons (Fsp3) is 1.00. The molecule has 0 heterocycles. The van der Waals surface area contributed by atoms with Crippen molar-refractivity contribution in [3.8, 4) is 0 Å². The summed E-state index contributed by atoms with van der Waals surface area (Å²) in [6.45, 7) is 1.21. The third kappa shape index (κ3) is 7.53. The van der Waals surface area contributed by atoms with Crippen molar-refractivity contribution in [3.05, 3.63) is 0 Å². The molecule has 0 saturated carbocycles. The molecule has 0 bridgehead atoms. The second-order valence-corrected chi connectivity index (χ2v) is 4.93. The summed E-state index contributed by atoms with van der Waals surface area (Å²) in [7, 11) is -5.44. The maximum absolute atomic E-state index is 11.8. The zero-order chi connectivity index (χ0) is 13.4. The van der Waals surface area contributed by atoms with Gasteiger partial charge in [0.05, 0.1) is 6.61 Å². The number of halogens is 3. The van der Waals surface area contributed by atoms with Crippen LogP contribution in [-0.2, 0) is 14.3 Å². The van der Waals surface area contributed by atoms with E-state index in [2.05, 4.69) is 9.50 Å². The van der Waals surface area contributed by atoms with Gasteiger partial charge in [-0.1, -0.05) is 0 Å². The molecule has 0 amide bonds. The Morgan fingerprint density at radius 3 is 2.24 bits per heavy atom. The number of unbranched alkanes of at least 4 members (excludes halogenated alkanes) is 1. The monoisotopic (exact) mass is 278 g/mol. The van der Waals surface area contributed by atoms with Crippen LogP contribution in [0.15, 0.2) is 0 Å².